The minimum Gasteiger partial charge on any atom is -0.491 e. The molecule has 0 unspecified atom stereocenters. The summed E-state index contributed by atoms with van der Waals surface area (Å²) in [6, 6.07) is 12.5. The van der Waals surface area contributed by atoms with E-state index in [-0.39, 0.29) is 18.4 Å². The Morgan fingerprint density at radius 1 is 0.966 bits per heavy atom. The van der Waals surface area contributed by atoms with Crippen molar-refractivity contribution in [3.8, 4) is 5.75 Å². The van der Waals surface area contributed by atoms with Crippen molar-refractivity contribution >= 4 is 40.5 Å². The van der Waals surface area contributed by atoms with Gasteiger partial charge >= 0.3 is 0 Å². The standard InChI is InChI=1S/C22H28ClN3O3/c1-3-5-13-29-20-10-7-6-9-18(20)26-22(28)15-24-19-14-16(11-12-17(19)23)25-21(27)8-4-2/h6-7,9-12,14,24H,3-5,8,13,15H2,1-2H3,(H,25,27)(H,26,28). The van der Waals surface area contributed by atoms with Gasteiger partial charge in [0, 0.05) is 12.1 Å². The zero-order valence-electron chi connectivity index (χ0n) is 16.9. The molecule has 0 heterocycles. The second kappa shape index (κ2) is 12.0. The first-order chi connectivity index (χ1) is 14.0. The normalized spacial score (nSPS) is 10.3. The lowest BCUT2D eigenvalue weighted by Crippen LogP contribution is -2.22. The molecular formula is C22H28ClN3O3. The Bertz CT molecular complexity index is 827. The fraction of sp³-hybridized carbons (Fsp3) is 0.364. The number of hydrogen-bond acceptors (Lipinski definition) is 4. The number of anilines is 3. The van der Waals surface area contributed by atoms with Gasteiger partial charge in [-0.1, -0.05) is 44.0 Å². The van der Waals surface area contributed by atoms with Crippen LogP contribution < -0.4 is 20.7 Å². The quantitative estimate of drug-likeness (QED) is 0.433. The Kier molecular flexibility index (Phi) is 9.31. The number of nitrogens with one attached hydrogen (secondary N) is 3. The molecule has 0 spiro atoms. The van der Waals surface area contributed by atoms with Crippen molar-refractivity contribution in [2.45, 2.75) is 39.5 Å². The summed E-state index contributed by atoms with van der Waals surface area (Å²) < 4.78 is 5.74. The lowest BCUT2D eigenvalue weighted by Gasteiger charge is -2.14. The summed E-state index contributed by atoms with van der Waals surface area (Å²) in [4.78, 5) is 24.1. The molecule has 0 aliphatic heterocycles. The first-order valence-corrected chi connectivity index (χ1v) is 10.3. The van der Waals surface area contributed by atoms with Gasteiger partial charge < -0.3 is 20.7 Å². The lowest BCUT2D eigenvalue weighted by atomic mass is 10.2. The average molecular weight is 418 g/mol. The molecule has 29 heavy (non-hydrogen) atoms. The van der Waals surface area contributed by atoms with Crippen LogP contribution in [0.25, 0.3) is 0 Å². The number of halogens is 1. The van der Waals surface area contributed by atoms with Crippen LogP contribution in [0.1, 0.15) is 39.5 Å². The second-order valence-corrected chi connectivity index (χ2v) is 7.00. The molecule has 0 fully saturated rings. The van der Waals surface area contributed by atoms with E-state index in [1.807, 2.05) is 25.1 Å². The monoisotopic (exact) mass is 417 g/mol. The van der Waals surface area contributed by atoms with Crippen LogP contribution in [0.2, 0.25) is 5.02 Å². The van der Waals surface area contributed by atoms with Gasteiger partial charge in [0.1, 0.15) is 5.75 Å². The predicted molar refractivity (Wildman–Crippen MR) is 119 cm³/mol. The molecule has 7 heteroatoms. The van der Waals surface area contributed by atoms with Crippen molar-refractivity contribution in [2.75, 3.05) is 29.1 Å². The number of ether oxygens (including phenoxy) is 1. The van der Waals surface area contributed by atoms with Crippen molar-refractivity contribution in [2.24, 2.45) is 0 Å². The number of amides is 2. The van der Waals surface area contributed by atoms with Crippen molar-refractivity contribution in [1.29, 1.82) is 0 Å². The molecule has 0 aliphatic rings. The Morgan fingerprint density at radius 2 is 1.76 bits per heavy atom. The summed E-state index contributed by atoms with van der Waals surface area (Å²) in [5.74, 6) is 0.360. The molecule has 0 saturated carbocycles. The van der Waals surface area contributed by atoms with Gasteiger partial charge in [0.2, 0.25) is 11.8 Å². The Labute approximate surface area is 177 Å². The number of unbranched alkanes of at least 4 members (excludes halogenated alkanes) is 1. The molecule has 0 aliphatic carbocycles. The SMILES string of the molecule is CCCCOc1ccccc1NC(=O)CNc1cc(NC(=O)CCC)ccc1Cl. The molecule has 2 amide bonds. The fourth-order valence-electron chi connectivity index (χ4n) is 2.58. The molecule has 0 bridgehead atoms. The van der Waals surface area contributed by atoms with E-state index in [4.69, 9.17) is 16.3 Å². The van der Waals surface area contributed by atoms with Gasteiger partial charge in [-0.2, -0.15) is 0 Å². The van der Waals surface area contributed by atoms with E-state index >= 15 is 0 Å². The van der Waals surface area contributed by atoms with Crippen LogP contribution in [-0.4, -0.2) is 25.0 Å². The Balaban J connectivity index is 1.95. The van der Waals surface area contributed by atoms with Gasteiger partial charge in [-0.25, -0.2) is 0 Å². The van der Waals surface area contributed by atoms with Gasteiger partial charge in [-0.3, -0.25) is 9.59 Å². The van der Waals surface area contributed by atoms with E-state index in [0.29, 0.717) is 40.9 Å². The zero-order chi connectivity index (χ0) is 21.1. The summed E-state index contributed by atoms with van der Waals surface area (Å²) in [7, 11) is 0. The van der Waals surface area contributed by atoms with Crippen LogP contribution in [0.5, 0.6) is 5.75 Å². The molecule has 156 valence electrons. The molecule has 2 aromatic rings. The molecule has 6 nitrogen and oxygen atoms in total. The largest absolute Gasteiger partial charge is 0.491 e. The van der Waals surface area contributed by atoms with Gasteiger partial charge in [-0.15, -0.1) is 0 Å². The highest BCUT2D eigenvalue weighted by molar-refractivity contribution is 6.33. The number of para-hydroxylation sites is 2. The highest BCUT2D eigenvalue weighted by atomic mass is 35.5. The number of hydrogen-bond donors (Lipinski definition) is 3. The van der Waals surface area contributed by atoms with Crippen LogP contribution in [0.4, 0.5) is 17.1 Å². The van der Waals surface area contributed by atoms with Gasteiger partial charge in [0.05, 0.1) is 29.5 Å². The van der Waals surface area contributed by atoms with Crippen LogP contribution >= 0.6 is 11.6 Å². The van der Waals surface area contributed by atoms with Crippen molar-refractivity contribution in [3.05, 3.63) is 47.5 Å². The summed E-state index contributed by atoms with van der Waals surface area (Å²) >= 11 is 6.21. The van der Waals surface area contributed by atoms with Crippen molar-refractivity contribution in [3.63, 3.8) is 0 Å². The number of carbonyl (C=O) groups excluding carboxylic acids is 2. The Morgan fingerprint density at radius 3 is 2.52 bits per heavy atom. The highest BCUT2D eigenvalue weighted by Crippen LogP contribution is 2.26. The highest BCUT2D eigenvalue weighted by Gasteiger charge is 2.10. The first kappa shape index (κ1) is 22.6. The number of benzene rings is 2. The van der Waals surface area contributed by atoms with E-state index in [1.54, 1.807) is 24.3 Å². The minimum atomic E-state index is -0.229. The van der Waals surface area contributed by atoms with Crippen LogP contribution in [0.15, 0.2) is 42.5 Å². The van der Waals surface area contributed by atoms with Gasteiger partial charge in [0.15, 0.2) is 0 Å². The van der Waals surface area contributed by atoms with Gasteiger partial charge in [0.25, 0.3) is 0 Å². The lowest BCUT2D eigenvalue weighted by molar-refractivity contribution is -0.116. The third-order valence-corrected chi connectivity index (χ3v) is 4.41. The number of carbonyl (C=O) groups is 2. The summed E-state index contributed by atoms with van der Waals surface area (Å²) in [5.41, 5.74) is 1.83. The van der Waals surface area contributed by atoms with Crippen LogP contribution in [-0.2, 0) is 9.59 Å². The molecule has 0 atom stereocenters. The maximum atomic E-state index is 12.4. The van der Waals surface area contributed by atoms with E-state index in [2.05, 4.69) is 22.9 Å². The molecular weight excluding hydrogens is 390 g/mol. The maximum Gasteiger partial charge on any atom is 0.243 e. The molecule has 2 rings (SSSR count). The fourth-order valence-corrected chi connectivity index (χ4v) is 2.77. The second-order valence-electron chi connectivity index (χ2n) is 6.59. The molecule has 2 aromatic carbocycles. The van der Waals surface area contributed by atoms with E-state index in [9.17, 15) is 9.59 Å². The average Bonchev–Trinajstić information content (AvgIpc) is 2.70. The molecule has 0 radical (unpaired) electrons. The van der Waals surface area contributed by atoms with Crippen molar-refractivity contribution in [1.82, 2.24) is 0 Å². The molecule has 0 saturated heterocycles. The summed E-state index contributed by atoms with van der Waals surface area (Å²) in [5, 5.41) is 9.15. The summed E-state index contributed by atoms with van der Waals surface area (Å²) in [6.07, 6.45) is 3.21. The van der Waals surface area contributed by atoms with Crippen molar-refractivity contribution < 1.29 is 14.3 Å². The number of rotatable bonds is 11. The predicted octanol–water partition coefficient (Wildman–Crippen LogP) is 5.31. The Hall–Kier alpha value is -2.73. The minimum absolute atomic E-state index is 0.0232. The first-order valence-electron chi connectivity index (χ1n) is 9.88. The smallest absolute Gasteiger partial charge is 0.243 e. The maximum absolute atomic E-state index is 12.4. The van der Waals surface area contributed by atoms with E-state index < -0.39 is 0 Å². The third-order valence-electron chi connectivity index (χ3n) is 4.08. The van der Waals surface area contributed by atoms with E-state index in [0.717, 1.165) is 19.3 Å². The molecule has 3 N–H and O–H groups in total. The molecule has 0 aromatic heterocycles. The third kappa shape index (κ3) is 7.66. The zero-order valence-corrected chi connectivity index (χ0v) is 17.6. The van der Waals surface area contributed by atoms with E-state index in [1.165, 1.54) is 0 Å². The topological polar surface area (TPSA) is 79.5 Å². The van der Waals surface area contributed by atoms with Crippen LogP contribution in [0.3, 0.4) is 0 Å². The summed E-state index contributed by atoms with van der Waals surface area (Å²) in [6.45, 7) is 4.67. The van der Waals surface area contributed by atoms with Crippen LogP contribution in [0, 0.1) is 0 Å². The van der Waals surface area contributed by atoms with Gasteiger partial charge in [-0.05, 0) is 43.2 Å².